The molecule has 0 aromatic carbocycles. The van der Waals surface area contributed by atoms with Crippen LogP contribution in [0.3, 0.4) is 0 Å². The third-order valence-electron chi connectivity index (χ3n) is 1.17. The van der Waals surface area contributed by atoms with Crippen molar-refractivity contribution in [1.82, 2.24) is 0 Å². The molecule has 0 heterocycles. The molecule has 0 nitrogen and oxygen atoms in total. The molecule has 0 aromatic rings. The molecule has 0 amide bonds. The maximum atomic E-state index is 3.25. The Hall–Kier alpha value is -0.170. The zero-order valence-corrected chi connectivity index (χ0v) is 11.7. The molecule has 0 N–H and O–H groups in total. The molecule has 0 spiro atoms. The molecule has 2 aliphatic rings. The monoisotopic (exact) mass is 340 g/mol. The van der Waals surface area contributed by atoms with Gasteiger partial charge in [0.25, 0.3) is 0 Å². The largest absolute Gasteiger partial charge is 1.00 e. The second kappa shape index (κ2) is 14.4. The summed E-state index contributed by atoms with van der Waals surface area (Å²) in [6.07, 6.45) is 20.0. The summed E-state index contributed by atoms with van der Waals surface area (Å²) in [6.45, 7) is 5.00. The van der Waals surface area contributed by atoms with Crippen LogP contribution in [0.1, 0.15) is 21.2 Å². The van der Waals surface area contributed by atoms with E-state index in [4.69, 9.17) is 0 Å². The van der Waals surface area contributed by atoms with E-state index < -0.39 is 0 Å². The Morgan fingerprint density at radius 1 is 1.00 bits per heavy atom. The summed E-state index contributed by atoms with van der Waals surface area (Å²) in [4.78, 5) is 0. The van der Waals surface area contributed by atoms with Gasteiger partial charge in [-0.25, -0.2) is 24.3 Å². The Labute approximate surface area is 102 Å². The van der Waals surface area contributed by atoms with Gasteiger partial charge in [-0.3, -0.25) is 12.2 Å². The van der Waals surface area contributed by atoms with Crippen LogP contribution in [-0.4, -0.2) is 0 Å². The molecule has 1 heteroatoms. The van der Waals surface area contributed by atoms with E-state index in [1.165, 1.54) is 0 Å². The van der Waals surface area contributed by atoms with Gasteiger partial charge in [-0.05, 0) is 0 Å². The van der Waals surface area contributed by atoms with Gasteiger partial charge in [0.1, 0.15) is 0 Å². The summed E-state index contributed by atoms with van der Waals surface area (Å²) in [7, 11) is 0. The summed E-state index contributed by atoms with van der Waals surface area (Å²) in [5, 5.41) is 0. The van der Waals surface area contributed by atoms with Crippen molar-refractivity contribution in [1.29, 1.82) is 0 Å². The number of hydrogen-bond donors (Lipinski definition) is 0. The van der Waals surface area contributed by atoms with E-state index in [1.54, 1.807) is 6.92 Å². The Bertz CT molecular complexity index is 148. The minimum absolute atomic E-state index is 0. The quantitative estimate of drug-likeness (QED) is 0.468. The van der Waals surface area contributed by atoms with Crippen molar-refractivity contribution >= 4 is 0 Å². The summed E-state index contributed by atoms with van der Waals surface area (Å²) in [5.41, 5.74) is 0. The third kappa shape index (κ3) is 11.8. The van der Waals surface area contributed by atoms with Crippen molar-refractivity contribution in [2.75, 3.05) is 0 Å². The first-order valence-corrected chi connectivity index (χ1v) is 4.14. The standard InChI is InChI=1S/2C5H5.C2H5.Hf.H/c2*1-2-4-5-3-1;1-2;;/h2*1-3H,4H2;1H2,2H3;;/q3*-1;;-1. The van der Waals surface area contributed by atoms with Gasteiger partial charge >= 0.3 is 0 Å². The predicted molar refractivity (Wildman–Crippen MR) is 55.3 cm³/mol. The minimum Gasteiger partial charge on any atom is -1.00 e. The predicted octanol–water partition coefficient (Wildman–Crippen LogP) is 3.56. The Morgan fingerprint density at radius 3 is 1.46 bits per heavy atom. The normalized spacial score (nSPS) is 14.0. The van der Waals surface area contributed by atoms with Gasteiger partial charge in [0.2, 0.25) is 0 Å². The first-order chi connectivity index (χ1) is 6.00. The van der Waals surface area contributed by atoms with E-state index in [0.29, 0.717) is 0 Å². The molecule has 13 heavy (non-hydrogen) atoms. The van der Waals surface area contributed by atoms with Gasteiger partial charge in [-0.2, -0.15) is 19.1 Å². The molecule has 2 aliphatic carbocycles. The van der Waals surface area contributed by atoms with Crippen molar-refractivity contribution in [3.63, 3.8) is 0 Å². The molecule has 2 rings (SSSR count). The van der Waals surface area contributed by atoms with Crippen LogP contribution in [0.5, 0.6) is 0 Å². The van der Waals surface area contributed by atoms with Crippen molar-refractivity contribution < 1.29 is 27.3 Å². The average molecular weight is 339 g/mol. The van der Waals surface area contributed by atoms with Gasteiger partial charge in [0.15, 0.2) is 0 Å². The Kier molecular flexibility index (Phi) is 16.9. The van der Waals surface area contributed by atoms with E-state index in [1.807, 2.05) is 24.3 Å². The van der Waals surface area contributed by atoms with Crippen LogP contribution in [-0.2, 0) is 25.8 Å². The van der Waals surface area contributed by atoms with E-state index in [9.17, 15) is 0 Å². The van der Waals surface area contributed by atoms with Crippen molar-refractivity contribution in [2.24, 2.45) is 0 Å². The van der Waals surface area contributed by atoms with Gasteiger partial charge in [-0.1, -0.05) is 0 Å². The van der Waals surface area contributed by atoms with Gasteiger partial charge in [0.05, 0.1) is 0 Å². The minimum atomic E-state index is 0. The van der Waals surface area contributed by atoms with E-state index in [-0.39, 0.29) is 27.3 Å². The van der Waals surface area contributed by atoms with Crippen molar-refractivity contribution in [3.8, 4) is 0 Å². The van der Waals surface area contributed by atoms with Gasteiger partial charge < -0.3 is 8.35 Å². The molecule has 0 unspecified atom stereocenters. The summed E-state index contributed by atoms with van der Waals surface area (Å²) in [5.74, 6) is 0. The van der Waals surface area contributed by atoms with Crippen LogP contribution in [0, 0.1) is 19.1 Å². The van der Waals surface area contributed by atoms with Gasteiger partial charge in [0, 0.05) is 25.8 Å². The topological polar surface area (TPSA) is 0 Å². The van der Waals surface area contributed by atoms with Gasteiger partial charge in [-0.15, -0.1) is 12.8 Å². The maximum Gasteiger partial charge on any atom is 0 e. The SMILES string of the molecule is [C-]1=CC=CC1.[C-]1=CC=CC1.[CH2-]C.[H-].[Hf]. The molecule has 0 fully saturated rings. The second-order valence-corrected chi connectivity index (χ2v) is 2.01. The average Bonchev–Trinajstić information content (AvgIpc) is 2.87. The Morgan fingerprint density at radius 2 is 1.38 bits per heavy atom. The first-order valence-electron chi connectivity index (χ1n) is 4.14. The summed E-state index contributed by atoms with van der Waals surface area (Å²) < 4.78 is 0. The second-order valence-electron chi connectivity index (χ2n) is 2.01. The fourth-order valence-corrected chi connectivity index (χ4v) is 0.680. The zero-order chi connectivity index (χ0) is 9.07. The number of rotatable bonds is 0. The molecule has 0 bridgehead atoms. The Balaban J connectivity index is -0.000000131. The van der Waals surface area contributed by atoms with Crippen molar-refractivity contribution in [3.05, 3.63) is 55.5 Å². The van der Waals surface area contributed by atoms with Crippen molar-refractivity contribution in [2.45, 2.75) is 19.8 Å². The molecule has 0 radical (unpaired) electrons. The summed E-state index contributed by atoms with van der Waals surface area (Å²) in [6, 6.07) is 0. The molecule has 0 saturated heterocycles. The number of hydrogen-bond acceptors (Lipinski definition) is 0. The molecule has 72 valence electrons. The third-order valence-corrected chi connectivity index (χ3v) is 1.17. The van der Waals surface area contributed by atoms with Crippen LogP contribution in [0.25, 0.3) is 0 Å². The molecular formula is C12H16Hf-4. The zero-order valence-electron chi connectivity index (χ0n) is 9.09. The fraction of sp³-hybridized carbons (Fsp3) is 0.250. The van der Waals surface area contributed by atoms with Crippen LogP contribution in [0.15, 0.2) is 36.5 Å². The molecule has 0 aliphatic heterocycles. The van der Waals surface area contributed by atoms with Crippen LogP contribution < -0.4 is 0 Å². The molecule has 0 atom stereocenters. The van der Waals surface area contributed by atoms with Crippen LogP contribution in [0.4, 0.5) is 0 Å². The molecular weight excluding hydrogens is 323 g/mol. The van der Waals surface area contributed by atoms with Crippen LogP contribution >= 0.6 is 0 Å². The first kappa shape index (κ1) is 15.3. The molecule has 0 saturated carbocycles. The van der Waals surface area contributed by atoms with E-state index >= 15 is 0 Å². The number of allylic oxidation sites excluding steroid dienone is 8. The van der Waals surface area contributed by atoms with E-state index in [0.717, 1.165) is 12.8 Å². The smallest absolute Gasteiger partial charge is 0 e. The van der Waals surface area contributed by atoms with Crippen LogP contribution in [0.2, 0.25) is 0 Å². The fourth-order valence-electron chi connectivity index (χ4n) is 0.680. The summed E-state index contributed by atoms with van der Waals surface area (Å²) >= 11 is 0. The van der Waals surface area contributed by atoms with E-state index in [2.05, 4.69) is 31.2 Å². The maximum absolute atomic E-state index is 3.25. The molecule has 0 aromatic heterocycles.